The number of rotatable bonds is 10. The number of methoxy groups -OCH3 is 1. The first-order valence-corrected chi connectivity index (χ1v) is 15.0. The molecule has 1 aromatic heterocycles. The van der Waals surface area contributed by atoms with E-state index in [1.807, 2.05) is 35.9 Å². The smallest absolute Gasteiger partial charge is 0.306 e. The van der Waals surface area contributed by atoms with Crippen molar-refractivity contribution in [3.05, 3.63) is 64.6 Å². The average Bonchev–Trinajstić information content (AvgIpc) is 3.55. The number of carbonyl (C=O) groups excluding carboxylic acids is 2. The summed E-state index contributed by atoms with van der Waals surface area (Å²) in [6.45, 7) is 0.686. The molecule has 1 aliphatic carbocycles. The highest BCUT2D eigenvalue weighted by atomic mass is 35.5. The minimum absolute atomic E-state index is 0.0399. The Morgan fingerprint density at radius 1 is 1.05 bits per heavy atom. The topological polar surface area (TPSA) is 110 Å². The highest BCUT2D eigenvalue weighted by Gasteiger charge is 2.38. The molecule has 43 heavy (non-hydrogen) atoms. The molecule has 2 amide bonds. The molecule has 0 radical (unpaired) electrons. The summed E-state index contributed by atoms with van der Waals surface area (Å²) in [6.07, 6.45) is 5.44. The molecule has 1 saturated heterocycles. The molecule has 2 aromatic carbocycles. The van der Waals surface area contributed by atoms with Crippen molar-refractivity contribution in [3.63, 3.8) is 0 Å². The van der Waals surface area contributed by atoms with Crippen LogP contribution in [0, 0.1) is 11.7 Å². The van der Waals surface area contributed by atoms with Crippen LogP contribution in [0.15, 0.2) is 42.6 Å². The van der Waals surface area contributed by atoms with Crippen LogP contribution in [0.5, 0.6) is 0 Å². The summed E-state index contributed by atoms with van der Waals surface area (Å²) in [4.78, 5) is 39.7. The van der Waals surface area contributed by atoms with Gasteiger partial charge in [-0.2, -0.15) is 0 Å². The van der Waals surface area contributed by atoms with Crippen molar-refractivity contribution in [3.8, 4) is 0 Å². The highest BCUT2D eigenvalue weighted by molar-refractivity contribution is 6.34. The Bertz CT molecular complexity index is 1500. The van der Waals surface area contributed by atoms with E-state index in [0.717, 1.165) is 29.8 Å². The monoisotopic (exact) mass is 613 g/mol. The molecule has 11 heteroatoms. The van der Waals surface area contributed by atoms with Gasteiger partial charge in [0.2, 0.25) is 5.91 Å². The van der Waals surface area contributed by atoms with Crippen LogP contribution < -0.4 is 5.32 Å². The molecule has 0 spiro atoms. The molecular formula is C32H37ClFN3O6. The number of halogens is 2. The van der Waals surface area contributed by atoms with Gasteiger partial charge in [0.1, 0.15) is 5.82 Å². The maximum atomic E-state index is 15.3. The third-order valence-electron chi connectivity index (χ3n) is 8.68. The van der Waals surface area contributed by atoms with Crippen LogP contribution in [0.2, 0.25) is 5.02 Å². The lowest BCUT2D eigenvalue weighted by molar-refractivity contribution is -0.144. The van der Waals surface area contributed by atoms with E-state index >= 15 is 4.39 Å². The number of fused-ring (bicyclic) bond motifs is 1. The van der Waals surface area contributed by atoms with Gasteiger partial charge in [0, 0.05) is 31.3 Å². The van der Waals surface area contributed by atoms with E-state index < -0.39 is 17.7 Å². The minimum Gasteiger partial charge on any atom is -0.481 e. The number of hydrogen-bond acceptors (Lipinski definition) is 5. The van der Waals surface area contributed by atoms with Gasteiger partial charge in [-0.15, -0.1) is 0 Å². The van der Waals surface area contributed by atoms with E-state index in [-0.39, 0.29) is 52.7 Å². The van der Waals surface area contributed by atoms with Gasteiger partial charge in [0.15, 0.2) is 0 Å². The Labute approximate surface area is 254 Å². The van der Waals surface area contributed by atoms with E-state index in [0.29, 0.717) is 44.5 Å². The molecule has 0 bridgehead atoms. The van der Waals surface area contributed by atoms with Crippen molar-refractivity contribution >= 4 is 46.0 Å². The number of nitrogens with one attached hydrogen (secondary N) is 1. The van der Waals surface area contributed by atoms with Gasteiger partial charge in [-0.05, 0) is 62.3 Å². The number of para-hydroxylation sites is 1. The van der Waals surface area contributed by atoms with Crippen LogP contribution in [0.25, 0.3) is 10.9 Å². The number of carboxylic acid groups (broad SMARTS) is 1. The maximum absolute atomic E-state index is 15.3. The molecule has 2 aliphatic rings. The molecule has 2 fully saturated rings. The van der Waals surface area contributed by atoms with E-state index in [1.54, 1.807) is 18.2 Å². The fourth-order valence-corrected chi connectivity index (χ4v) is 6.63. The summed E-state index contributed by atoms with van der Waals surface area (Å²) >= 11 is 6.48. The molecule has 2 heterocycles. The molecule has 2 N–H and O–H groups in total. The predicted octanol–water partition coefficient (Wildman–Crippen LogP) is 5.43. The van der Waals surface area contributed by atoms with Gasteiger partial charge in [0.25, 0.3) is 5.91 Å². The number of aryl methyl sites for hydroxylation is 1. The fourth-order valence-electron chi connectivity index (χ4n) is 6.40. The first-order valence-electron chi connectivity index (χ1n) is 14.6. The number of aliphatic carboxylic acids is 1. The highest BCUT2D eigenvalue weighted by Crippen LogP contribution is 2.32. The number of carboxylic acids is 1. The Balaban J connectivity index is 1.25. The van der Waals surface area contributed by atoms with Crippen molar-refractivity contribution in [1.82, 2.24) is 9.47 Å². The molecule has 1 unspecified atom stereocenters. The van der Waals surface area contributed by atoms with Gasteiger partial charge >= 0.3 is 5.97 Å². The molecule has 230 valence electrons. The van der Waals surface area contributed by atoms with Gasteiger partial charge in [-0.1, -0.05) is 29.8 Å². The fraction of sp³-hybridized carbons (Fsp3) is 0.469. The number of aromatic nitrogens is 1. The summed E-state index contributed by atoms with van der Waals surface area (Å²) in [5.41, 5.74) is 1.58. The summed E-state index contributed by atoms with van der Waals surface area (Å²) in [5, 5.41) is 12.9. The first-order chi connectivity index (χ1) is 20.7. The molecule has 3 aromatic rings. The van der Waals surface area contributed by atoms with Crippen LogP contribution in [0.1, 0.15) is 54.4 Å². The van der Waals surface area contributed by atoms with E-state index in [4.69, 9.17) is 21.1 Å². The van der Waals surface area contributed by atoms with Gasteiger partial charge < -0.3 is 29.4 Å². The number of hydrogen-bond donors (Lipinski definition) is 2. The standard InChI is InChI=1S/C32H37ClFN3O6/c1-36-16-25(24-5-3-4-6-29(24)36)31(39)35-28-15-27(34)20(13-26(28)33)14-30(38)37-21(17-42-2)9-10-22(37)18-43-23-11-7-19(8-12-23)32(40)41/h3-6,13,15-16,19,21-23H,7-12,14,17-18H2,1-2H3,(H,35,39)(H,40,41)/t19-,21?,22-,23-/m0/s1. The summed E-state index contributed by atoms with van der Waals surface area (Å²) in [7, 11) is 3.43. The summed E-state index contributed by atoms with van der Waals surface area (Å²) in [6, 6.07) is 9.68. The van der Waals surface area contributed by atoms with E-state index in [2.05, 4.69) is 5.32 Å². The number of carbonyl (C=O) groups is 3. The zero-order valence-corrected chi connectivity index (χ0v) is 25.1. The SMILES string of the molecule is COCC1CC[C@@H](CO[C@H]2CC[C@H](C(=O)O)CC2)N1C(=O)Cc1cc(Cl)c(NC(=O)c2cn(C)c3ccccc23)cc1F. The Hall–Kier alpha value is -3.47. The second-order valence-corrected chi connectivity index (χ2v) is 11.9. The maximum Gasteiger partial charge on any atom is 0.306 e. The van der Waals surface area contributed by atoms with Crippen molar-refractivity contribution in [2.75, 3.05) is 25.6 Å². The largest absolute Gasteiger partial charge is 0.481 e. The Morgan fingerprint density at radius 3 is 2.44 bits per heavy atom. The van der Waals surface area contributed by atoms with Gasteiger partial charge in [0.05, 0.1) is 60.0 Å². The van der Waals surface area contributed by atoms with Gasteiger partial charge in [-0.3, -0.25) is 14.4 Å². The third-order valence-corrected chi connectivity index (χ3v) is 8.99. The lowest BCUT2D eigenvalue weighted by atomic mass is 9.87. The quantitative estimate of drug-likeness (QED) is 0.315. The molecular weight excluding hydrogens is 577 g/mol. The number of ether oxygens (including phenoxy) is 2. The van der Waals surface area contributed by atoms with Crippen LogP contribution in [0.3, 0.4) is 0 Å². The van der Waals surface area contributed by atoms with E-state index in [9.17, 15) is 19.5 Å². The molecule has 1 aliphatic heterocycles. The predicted molar refractivity (Wildman–Crippen MR) is 161 cm³/mol. The molecule has 5 rings (SSSR count). The van der Waals surface area contributed by atoms with Crippen LogP contribution in [-0.4, -0.2) is 70.9 Å². The van der Waals surface area contributed by atoms with Crippen LogP contribution in [0.4, 0.5) is 10.1 Å². The lowest BCUT2D eigenvalue weighted by Crippen LogP contribution is -2.46. The van der Waals surface area contributed by atoms with Crippen molar-refractivity contribution in [2.24, 2.45) is 13.0 Å². The second kappa shape index (κ2) is 13.4. The first kappa shape index (κ1) is 31.0. The normalized spacial score (nSPS) is 22.2. The number of anilines is 1. The number of benzene rings is 2. The third kappa shape index (κ3) is 6.87. The van der Waals surface area contributed by atoms with Crippen molar-refractivity contribution in [2.45, 2.75) is 63.1 Å². The Kier molecular flexibility index (Phi) is 9.68. The molecule has 2 atom stereocenters. The van der Waals surface area contributed by atoms with Gasteiger partial charge in [-0.25, -0.2) is 4.39 Å². The lowest BCUT2D eigenvalue weighted by Gasteiger charge is -2.32. The number of amides is 2. The van der Waals surface area contributed by atoms with Crippen molar-refractivity contribution in [1.29, 1.82) is 0 Å². The summed E-state index contributed by atoms with van der Waals surface area (Å²) < 4.78 is 28.7. The van der Waals surface area contributed by atoms with E-state index in [1.165, 1.54) is 6.07 Å². The van der Waals surface area contributed by atoms with Crippen LogP contribution >= 0.6 is 11.6 Å². The average molecular weight is 614 g/mol. The van der Waals surface area contributed by atoms with Crippen LogP contribution in [-0.2, 0) is 32.5 Å². The molecule has 9 nitrogen and oxygen atoms in total. The Morgan fingerprint density at radius 2 is 1.74 bits per heavy atom. The zero-order valence-electron chi connectivity index (χ0n) is 24.4. The summed E-state index contributed by atoms with van der Waals surface area (Å²) in [5.74, 6) is -2.40. The second-order valence-electron chi connectivity index (χ2n) is 11.5. The number of nitrogens with zero attached hydrogens (tertiary/aromatic N) is 2. The zero-order chi connectivity index (χ0) is 30.7. The number of likely N-dealkylation sites (tertiary alicyclic amines) is 1. The molecule has 1 saturated carbocycles. The minimum atomic E-state index is -0.763. The van der Waals surface area contributed by atoms with Crippen molar-refractivity contribution < 1.29 is 33.4 Å².